The van der Waals surface area contributed by atoms with Gasteiger partial charge in [-0.2, -0.15) is 0 Å². The van der Waals surface area contributed by atoms with Gasteiger partial charge in [0.1, 0.15) is 16.6 Å². The number of aromatic nitrogens is 2. The van der Waals surface area contributed by atoms with Crippen molar-refractivity contribution in [2.24, 2.45) is 0 Å². The van der Waals surface area contributed by atoms with Gasteiger partial charge in [-0.15, -0.1) is 0 Å². The normalized spacial score (nSPS) is 14.9. The summed E-state index contributed by atoms with van der Waals surface area (Å²) in [5.41, 5.74) is 0.955. The van der Waals surface area contributed by atoms with Gasteiger partial charge in [-0.25, -0.2) is 9.97 Å². The van der Waals surface area contributed by atoms with Crippen LogP contribution in [0.3, 0.4) is 0 Å². The van der Waals surface area contributed by atoms with Crippen LogP contribution in [0.1, 0.15) is 50.2 Å². The Hall–Kier alpha value is -2.38. The van der Waals surface area contributed by atoms with Crippen molar-refractivity contribution >= 4 is 28.6 Å². The number of carbonyl (C=O) groups excluding carboxylic acids is 1. The van der Waals surface area contributed by atoms with Crippen LogP contribution in [0.25, 0.3) is 10.9 Å². The molecule has 1 atom stereocenters. The number of para-hydroxylation sites is 1. The molecule has 2 heterocycles. The van der Waals surface area contributed by atoms with E-state index >= 15 is 0 Å². The summed E-state index contributed by atoms with van der Waals surface area (Å²) in [6.45, 7) is 6.54. The van der Waals surface area contributed by atoms with Gasteiger partial charge in [0.2, 0.25) is 5.91 Å². The minimum absolute atomic E-state index is 0.000576. The summed E-state index contributed by atoms with van der Waals surface area (Å²) < 4.78 is 5.62. The predicted molar refractivity (Wildman–Crippen MR) is 120 cm³/mol. The van der Waals surface area contributed by atoms with E-state index in [0.29, 0.717) is 18.2 Å². The molecule has 4 rings (SSSR count). The van der Waals surface area contributed by atoms with Crippen molar-refractivity contribution in [2.45, 2.75) is 43.7 Å². The molecule has 3 aromatic rings. The first-order valence-electron chi connectivity index (χ1n) is 10.6. The van der Waals surface area contributed by atoms with Crippen molar-refractivity contribution in [3.63, 3.8) is 0 Å². The number of benzene rings is 1. The summed E-state index contributed by atoms with van der Waals surface area (Å²) in [5, 5.41) is 4.99. The van der Waals surface area contributed by atoms with Gasteiger partial charge in [0.05, 0.1) is 23.6 Å². The summed E-state index contributed by atoms with van der Waals surface area (Å²) in [7, 11) is 0. The van der Waals surface area contributed by atoms with E-state index in [2.05, 4.69) is 24.1 Å². The Balaban J connectivity index is 1.41. The van der Waals surface area contributed by atoms with Gasteiger partial charge in [0, 0.05) is 17.8 Å². The predicted octanol–water partition coefficient (Wildman–Crippen LogP) is 4.39. The summed E-state index contributed by atoms with van der Waals surface area (Å²) in [6, 6.07) is 11.9. The molecular formula is C23H28N4O2S. The maximum absolute atomic E-state index is 12.6. The van der Waals surface area contributed by atoms with E-state index in [4.69, 9.17) is 14.4 Å². The van der Waals surface area contributed by atoms with Gasteiger partial charge in [-0.3, -0.25) is 9.69 Å². The Morgan fingerprint density at radius 2 is 2.00 bits per heavy atom. The van der Waals surface area contributed by atoms with Gasteiger partial charge < -0.3 is 9.73 Å². The van der Waals surface area contributed by atoms with Crippen molar-refractivity contribution in [3.05, 3.63) is 54.2 Å². The van der Waals surface area contributed by atoms with Crippen LogP contribution in [0.2, 0.25) is 0 Å². The highest BCUT2D eigenvalue weighted by molar-refractivity contribution is 8.00. The number of carbonyl (C=O) groups is 1. The molecule has 0 radical (unpaired) electrons. The Morgan fingerprint density at radius 1 is 1.20 bits per heavy atom. The molecule has 0 aliphatic heterocycles. The van der Waals surface area contributed by atoms with Crippen LogP contribution in [-0.4, -0.2) is 46.2 Å². The lowest BCUT2D eigenvalue weighted by atomic mass is 10.2. The van der Waals surface area contributed by atoms with E-state index in [0.717, 1.165) is 53.4 Å². The molecule has 6 nitrogen and oxygen atoms in total. The van der Waals surface area contributed by atoms with Gasteiger partial charge >= 0.3 is 0 Å². The fourth-order valence-corrected chi connectivity index (χ4v) is 4.51. The van der Waals surface area contributed by atoms with Crippen LogP contribution in [0.5, 0.6) is 0 Å². The lowest BCUT2D eigenvalue weighted by Gasteiger charge is -2.28. The zero-order valence-electron chi connectivity index (χ0n) is 17.5. The first kappa shape index (κ1) is 20.9. The smallest absolute Gasteiger partial charge is 0.230 e. The number of amides is 1. The monoisotopic (exact) mass is 424 g/mol. The lowest BCUT2D eigenvalue weighted by molar-refractivity contribution is -0.118. The van der Waals surface area contributed by atoms with Crippen molar-refractivity contribution in [2.75, 3.05) is 25.4 Å². The third-order valence-electron chi connectivity index (χ3n) is 5.49. The molecule has 158 valence electrons. The Labute approximate surface area is 181 Å². The molecule has 1 N–H and O–H groups in total. The molecule has 0 unspecified atom stereocenters. The molecule has 0 spiro atoms. The molecule has 1 saturated carbocycles. The van der Waals surface area contributed by atoms with E-state index in [1.807, 2.05) is 36.4 Å². The number of nitrogens with one attached hydrogen (secondary N) is 1. The third kappa shape index (κ3) is 4.84. The van der Waals surface area contributed by atoms with E-state index in [9.17, 15) is 4.79 Å². The van der Waals surface area contributed by atoms with Crippen molar-refractivity contribution < 1.29 is 9.21 Å². The Kier molecular flexibility index (Phi) is 6.69. The SMILES string of the molecule is CCN(CC)[C@H](CNC(=O)CSc1nc(C2CC2)nc2ccccc12)c1ccco1. The van der Waals surface area contributed by atoms with Crippen molar-refractivity contribution in [1.29, 1.82) is 0 Å². The van der Waals surface area contributed by atoms with E-state index in [1.165, 1.54) is 11.8 Å². The maximum atomic E-state index is 12.6. The number of furan rings is 1. The average Bonchev–Trinajstić information content (AvgIpc) is 3.49. The van der Waals surface area contributed by atoms with E-state index < -0.39 is 0 Å². The Bertz CT molecular complexity index is 984. The number of hydrogen-bond acceptors (Lipinski definition) is 6. The van der Waals surface area contributed by atoms with E-state index in [1.54, 1.807) is 6.26 Å². The Morgan fingerprint density at radius 3 is 2.70 bits per heavy atom. The molecule has 0 bridgehead atoms. The average molecular weight is 425 g/mol. The van der Waals surface area contributed by atoms with E-state index in [-0.39, 0.29) is 11.9 Å². The maximum Gasteiger partial charge on any atom is 0.230 e. The van der Waals surface area contributed by atoms with Gasteiger partial charge in [0.15, 0.2) is 0 Å². The minimum atomic E-state index is -0.000576. The van der Waals surface area contributed by atoms with Crippen molar-refractivity contribution in [3.8, 4) is 0 Å². The number of fused-ring (bicyclic) bond motifs is 1. The molecule has 2 aromatic heterocycles. The third-order valence-corrected chi connectivity index (χ3v) is 6.48. The zero-order valence-corrected chi connectivity index (χ0v) is 18.3. The molecule has 30 heavy (non-hydrogen) atoms. The molecule has 1 aliphatic carbocycles. The fraction of sp³-hybridized carbons (Fsp3) is 0.435. The highest BCUT2D eigenvalue weighted by Crippen LogP contribution is 2.39. The summed E-state index contributed by atoms with van der Waals surface area (Å²) in [4.78, 5) is 24.4. The summed E-state index contributed by atoms with van der Waals surface area (Å²) >= 11 is 1.49. The molecule has 1 aliphatic rings. The van der Waals surface area contributed by atoms with Gasteiger partial charge in [-0.1, -0.05) is 43.8 Å². The number of nitrogens with zero attached hydrogens (tertiary/aromatic N) is 3. The summed E-state index contributed by atoms with van der Waals surface area (Å²) in [5.74, 6) is 2.60. The second-order valence-electron chi connectivity index (χ2n) is 7.52. The highest BCUT2D eigenvalue weighted by Gasteiger charge is 2.28. The number of hydrogen-bond donors (Lipinski definition) is 1. The fourth-order valence-electron chi connectivity index (χ4n) is 3.65. The van der Waals surface area contributed by atoms with Gasteiger partial charge in [-0.05, 0) is 44.1 Å². The largest absolute Gasteiger partial charge is 0.468 e. The second kappa shape index (κ2) is 9.62. The quantitative estimate of drug-likeness (QED) is 0.384. The number of rotatable bonds is 10. The van der Waals surface area contributed by atoms with Gasteiger partial charge in [0.25, 0.3) is 0 Å². The molecule has 1 fully saturated rings. The van der Waals surface area contributed by atoms with Crippen LogP contribution in [0.4, 0.5) is 0 Å². The van der Waals surface area contributed by atoms with Crippen molar-refractivity contribution in [1.82, 2.24) is 20.2 Å². The topological polar surface area (TPSA) is 71.3 Å². The van der Waals surface area contributed by atoms with Crippen LogP contribution in [0, 0.1) is 0 Å². The number of thioether (sulfide) groups is 1. The second-order valence-corrected chi connectivity index (χ2v) is 8.49. The molecular weight excluding hydrogens is 396 g/mol. The summed E-state index contributed by atoms with van der Waals surface area (Å²) in [6.07, 6.45) is 3.99. The standard InChI is InChI=1S/C23H28N4O2S/c1-3-27(4-2)19(20-10-7-13-29-20)14-24-21(28)15-30-23-17-8-5-6-9-18(17)25-22(26-23)16-11-12-16/h5-10,13,16,19H,3-4,11-12,14-15H2,1-2H3,(H,24,28)/t19-/m1/s1. The minimum Gasteiger partial charge on any atom is -0.468 e. The molecule has 7 heteroatoms. The van der Waals surface area contributed by atoms with Crippen LogP contribution in [0.15, 0.2) is 52.1 Å². The highest BCUT2D eigenvalue weighted by atomic mass is 32.2. The van der Waals surface area contributed by atoms with Crippen LogP contribution < -0.4 is 5.32 Å². The molecule has 0 saturated heterocycles. The zero-order chi connectivity index (χ0) is 20.9. The molecule has 1 aromatic carbocycles. The molecule has 1 amide bonds. The number of likely N-dealkylation sites (N-methyl/N-ethyl adjacent to an activating group) is 1. The van der Waals surface area contributed by atoms with Crippen LogP contribution >= 0.6 is 11.8 Å². The lowest BCUT2D eigenvalue weighted by Crippen LogP contribution is -2.38. The first-order chi connectivity index (χ1) is 14.7. The first-order valence-corrected chi connectivity index (χ1v) is 11.6. The van der Waals surface area contributed by atoms with Crippen LogP contribution in [-0.2, 0) is 4.79 Å².